The summed E-state index contributed by atoms with van der Waals surface area (Å²) < 4.78 is 5.30. The fourth-order valence-electron chi connectivity index (χ4n) is 2.24. The van der Waals surface area contributed by atoms with Crippen LogP contribution in [0.1, 0.15) is 28.4 Å². The van der Waals surface area contributed by atoms with Gasteiger partial charge in [0.2, 0.25) is 0 Å². The maximum absolute atomic E-state index is 11.5. The Morgan fingerprint density at radius 3 is 2.67 bits per heavy atom. The molecule has 0 unspecified atom stereocenters. The minimum atomic E-state index is -0.0978. The Morgan fingerprint density at radius 2 is 2.06 bits per heavy atom. The largest absolute Gasteiger partial charge is 0.507 e. The average molecular weight is 249 g/mol. The quantitative estimate of drug-likeness (QED) is 0.829. The minimum absolute atomic E-state index is 0.0978. The van der Waals surface area contributed by atoms with Gasteiger partial charge in [-0.1, -0.05) is 6.07 Å². The van der Waals surface area contributed by atoms with Gasteiger partial charge in [0.25, 0.3) is 0 Å². The maximum Gasteiger partial charge on any atom is 0.163 e. The molecule has 0 saturated carbocycles. The molecule has 1 fully saturated rings. The molecule has 1 aromatic carbocycles. The SMILES string of the molecule is CC(=O)c1cc(C)cc(CN2CCOCC2)c1O. The second kappa shape index (κ2) is 5.50. The molecule has 0 bridgehead atoms. The average Bonchev–Trinajstić information content (AvgIpc) is 2.34. The van der Waals surface area contributed by atoms with Crippen LogP contribution in [0.15, 0.2) is 12.1 Å². The van der Waals surface area contributed by atoms with Crippen molar-refractivity contribution in [1.29, 1.82) is 0 Å². The molecule has 0 aromatic heterocycles. The van der Waals surface area contributed by atoms with E-state index in [2.05, 4.69) is 4.90 Å². The highest BCUT2D eigenvalue weighted by Crippen LogP contribution is 2.26. The molecule has 0 radical (unpaired) electrons. The van der Waals surface area contributed by atoms with Gasteiger partial charge in [-0.2, -0.15) is 0 Å². The molecule has 98 valence electrons. The van der Waals surface area contributed by atoms with Crippen molar-refractivity contribution in [3.8, 4) is 5.75 Å². The van der Waals surface area contributed by atoms with Crippen LogP contribution in [-0.2, 0) is 11.3 Å². The van der Waals surface area contributed by atoms with E-state index < -0.39 is 0 Å². The fraction of sp³-hybridized carbons (Fsp3) is 0.500. The van der Waals surface area contributed by atoms with E-state index in [0.717, 1.165) is 37.4 Å². The first-order chi connectivity index (χ1) is 8.58. The minimum Gasteiger partial charge on any atom is -0.507 e. The molecule has 1 aromatic rings. The zero-order valence-electron chi connectivity index (χ0n) is 10.9. The van der Waals surface area contributed by atoms with Crippen LogP contribution >= 0.6 is 0 Å². The van der Waals surface area contributed by atoms with Crippen LogP contribution in [0, 0.1) is 6.92 Å². The first kappa shape index (κ1) is 13.1. The molecule has 0 spiro atoms. The lowest BCUT2D eigenvalue weighted by atomic mass is 10.0. The number of nitrogens with zero attached hydrogens (tertiary/aromatic N) is 1. The number of Topliss-reactive ketones (excluding diaryl/α,β-unsaturated/α-hetero) is 1. The third kappa shape index (κ3) is 2.89. The van der Waals surface area contributed by atoms with Gasteiger partial charge in [0.1, 0.15) is 5.75 Å². The molecule has 0 aliphatic carbocycles. The van der Waals surface area contributed by atoms with Crippen LogP contribution < -0.4 is 0 Å². The smallest absolute Gasteiger partial charge is 0.163 e. The molecule has 4 nitrogen and oxygen atoms in total. The van der Waals surface area contributed by atoms with Crippen molar-refractivity contribution < 1.29 is 14.6 Å². The molecule has 1 aliphatic heterocycles. The van der Waals surface area contributed by atoms with E-state index in [-0.39, 0.29) is 11.5 Å². The number of benzene rings is 1. The Labute approximate surface area is 107 Å². The number of phenolic OH excluding ortho intramolecular Hbond substituents is 1. The summed E-state index contributed by atoms with van der Waals surface area (Å²) in [5.41, 5.74) is 2.24. The first-order valence-corrected chi connectivity index (χ1v) is 6.21. The highest BCUT2D eigenvalue weighted by atomic mass is 16.5. The van der Waals surface area contributed by atoms with E-state index in [1.54, 1.807) is 6.07 Å². The van der Waals surface area contributed by atoms with E-state index in [1.165, 1.54) is 6.92 Å². The van der Waals surface area contributed by atoms with Crippen molar-refractivity contribution in [2.45, 2.75) is 20.4 Å². The highest BCUT2D eigenvalue weighted by molar-refractivity contribution is 5.97. The molecule has 1 saturated heterocycles. The molecular weight excluding hydrogens is 230 g/mol. The number of hydrogen-bond acceptors (Lipinski definition) is 4. The monoisotopic (exact) mass is 249 g/mol. The summed E-state index contributed by atoms with van der Waals surface area (Å²) in [6, 6.07) is 3.68. The summed E-state index contributed by atoms with van der Waals surface area (Å²) in [6.07, 6.45) is 0. The Balaban J connectivity index is 2.23. The summed E-state index contributed by atoms with van der Waals surface area (Å²) in [5, 5.41) is 10.1. The van der Waals surface area contributed by atoms with Gasteiger partial charge in [-0.15, -0.1) is 0 Å². The van der Waals surface area contributed by atoms with Crippen LogP contribution in [0.25, 0.3) is 0 Å². The molecule has 4 heteroatoms. The second-order valence-electron chi connectivity index (χ2n) is 4.76. The number of aryl methyl sites for hydroxylation is 1. The highest BCUT2D eigenvalue weighted by Gasteiger charge is 2.16. The zero-order valence-corrected chi connectivity index (χ0v) is 10.9. The number of morpholine rings is 1. The van der Waals surface area contributed by atoms with Gasteiger partial charge in [-0.3, -0.25) is 9.69 Å². The number of aromatic hydroxyl groups is 1. The number of hydrogen-bond donors (Lipinski definition) is 1. The van der Waals surface area contributed by atoms with Crippen LogP contribution in [0.2, 0.25) is 0 Å². The number of carbonyl (C=O) groups is 1. The lowest BCUT2D eigenvalue weighted by Gasteiger charge is -2.27. The summed E-state index contributed by atoms with van der Waals surface area (Å²) in [5.74, 6) is 0.0269. The second-order valence-corrected chi connectivity index (χ2v) is 4.76. The van der Waals surface area contributed by atoms with Gasteiger partial charge in [0.05, 0.1) is 18.8 Å². The molecule has 0 atom stereocenters. The molecule has 1 heterocycles. The standard InChI is InChI=1S/C14H19NO3/c1-10-7-12(9-15-3-5-18-6-4-15)14(17)13(8-10)11(2)16/h7-8,17H,3-6,9H2,1-2H3. The van der Waals surface area contributed by atoms with Crippen molar-refractivity contribution in [3.05, 3.63) is 28.8 Å². The van der Waals surface area contributed by atoms with Crippen LogP contribution in [0.3, 0.4) is 0 Å². The van der Waals surface area contributed by atoms with Gasteiger partial charge in [0.15, 0.2) is 5.78 Å². The molecule has 1 aliphatic rings. The van der Waals surface area contributed by atoms with E-state index in [0.29, 0.717) is 12.1 Å². The first-order valence-electron chi connectivity index (χ1n) is 6.21. The Bertz CT molecular complexity index is 451. The van der Waals surface area contributed by atoms with E-state index in [4.69, 9.17) is 4.74 Å². The third-order valence-electron chi connectivity index (χ3n) is 3.21. The van der Waals surface area contributed by atoms with Crippen molar-refractivity contribution in [2.24, 2.45) is 0 Å². The topological polar surface area (TPSA) is 49.8 Å². The lowest BCUT2D eigenvalue weighted by Crippen LogP contribution is -2.35. The summed E-state index contributed by atoms with van der Waals surface area (Å²) in [4.78, 5) is 13.7. The van der Waals surface area contributed by atoms with Crippen molar-refractivity contribution in [3.63, 3.8) is 0 Å². The molecule has 1 N–H and O–H groups in total. The number of phenols is 1. The predicted molar refractivity (Wildman–Crippen MR) is 68.9 cm³/mol. The Hall–Kier alpha value is -1.39. The van der Waals surface area contributed by atoms with Gasteiger partial charge < -0.3 is 9.84 Å². The number of ether oxygens (including phenoxy) is 1. The maximum atomic E-state index is 11.5. The Kier molecular flexibility index (Phi) is 3.99. The zero-order chi connectivity index (χ0) is 13.1. The summed E-state index contributed by atoms with van der Waals surface area (Å²) in [7, 11) is 0. The molecule has 2 rings (SSSR count). The van der Waals surface area contributed by atoms with E-state index in [1.807, 2.05) is 13.0 Å². The van der Waals surface area contributed by atoms with Crippen molar-refractivity contribution in [1.82, 2.24) is 4.90 Å². The Morgan fingerprint density at radius 1 is 1.39 bits per heavy atom. The number of carbonyl (C=O) groups excluding carboxylic acids is 1. The molecular formula is C14H19NO3. The fourth-order valence-corrected chi connectivity index (χ4v) is 2.24. The van der Waals surface area contributed by atoms with Crippen molar-refractivity contribution in [2.75, 3.05) is 26.3 Å². The van der Waals surface area contributed by atoms with Crippen LogP contribution in [-0.4, -0.2) is 42.1 Å². The molecule has 18 heavy (non-hydrogen) atoms. The van der Waals surface area contributed by atoms with Gasteiger partial charge in [0, 0.05) is 25.2 Å². The van der Waals surface area contributed by atoms with Crippen LogP contribution in [0.4, 0.5) is 0 Å². The van der Waals surface area contributed by atoms with Gasteiger partial charge in [-0.25, -0.2) is 0 Å². The lowest BCUT2D eigenvalue weighted by molar-refractivity contribution is 0.0338. The van der Waals surface area contributed by atoms with E-state index in [9.17, 15) is 9.90 Å². The predicted octanol–water partition coefficient (Wildman–Crippen LogP) is 1.74. The number of rotatable bonds is 3. The number of ketones is 1. The van der Waals surface area contributed by atoms with E-state index >= 15 is 0 Å². The van der Waals surface area contributed by atoms with Gasteiger partial charge in [-0.05, 0) is 25.5 Å². The molecule has 0 amide bonds. The van der Waals surface area contributed by atoms with Crippen molar-refractivity contribution >= 4 is 5.78 Å². The summed E-state index contributed by atoms with van der Waals surface area (Å²) >= 11 is 0. The normalized spacial score (nSPS) is 16.8. The summed E-state index contributed by atoms with van der Waals surface area (Å²) in [6.45, 7) is 7.27. The van der Waals surface area contributed by atoms with Gasteiger partial charge >= 0.3 is 0 Å². The van der Waals surface area contributed by atoms with Crippen LogP contribution in [0.5, 0.6) is 5.75 Å². The third-order valence-corrected chi connectivity index (χ3v) is 3.21.